The molecule has 0 saturated carbocycles. The van der Waals surface area contributed by atoms with E-state index in [2.05, 4.69) is 21.2 Å². The molecule has 0 spiro atoms. The smallest absolute Gasteiger partial charge is 0.320 e. The largest absolute Gasteiger partial charge is 0.480 e. The molecule has 0 aliphatic rings. The second kappa shape index (κ2) is 7.12. The fraction of sp³-hybridized carbons (Fsp3) is 0.462. The van der Waals surface area contributed by atoms with E-state index in [0.717, 1.165) is 10.0 Å². The van der Waals surface area contributed by atoms with Gasteiger partial charge in [-0.25, -0.2) is 0 Å². The van der Waals surface area contributed by atoms with E-state index in [1.165, 1.54) is 0 Å². The second-order valence-corrected chi connectivity index (χ2v) is 5.96. The van der Waals surface area contributed by atoms with Crippen molar-refractivity contribution in [2.24, 2.45) is 5.92 Å². The lowest BCUT2D eigenvalue weighted by atomic mass is 10.0. The monoisotopic (exact) mass is 333 g/mol. The van der Waals surface area contributed by atoms with Crippen molar-refractivity contribution in [3.05, 3.63) is 33.3 Å². The van der Waals surface area contributed by atoms with Crippen molar-refractivity contribution >= 4 is 33.5 Å². The van der Waals surface area contributed by atoms with Gasteiger partial charge in [-0.15, -0.1) is 0 Å². The molecule has 1 aromatic carbocycles. The number of nitrogens with one attached hydrogen (secondary N) is 1. The van der Waals surface area contributed by atoms with E-state index in [4.69, 9.17) is 16.7 Å². The number of hydrogen-bond acceptors (Lipinski definition) is 2. The second-order valence-electron chi connectivity index (χ2n) is 4.64. The molecule has 18 heavy (non-hydrogen) atoms. The quantitative estimate of drug-likeness (QED) is 0.834. The first kappa shape index (κ1) is 15.5. The summed E-state index contributed by atoms with van der Waals surface area (Å²) < 4.78 is 0.910. The van der Waals surface area contributed by atoms with Gasteiger partial charge in [-0.2, -0.15) is 0 Å². The van der Waals surface area contributed by atoms with Gasteiger partial charge < -0.3 is 10.4 Å². The summed E-state index contributed by atoms with van der Waals surface area (Å²) in [6.07, 6.45) is 0.601. The summed E-state index contributed by atoms with van der Waals surface area (Å²) >= 11 is 9.41. The molecule has 0 radical (unpaired) electrons. The predicted molar refractivity (Wildman–Crippen MR) is 76.9 cm³/mol. The highest BCUT2D eigenvalue weighted by Crippen LogP contribution is 2.21. The van der Waals surface area contributed by atoms with E-state index in [-0.39, 0.29) is 0 Å². The minimum absolute atomic E-state index is 0.332. The van der Waals surface area contributed by atoms with Crippen molar-refractivity contribution in [3.8, 4) is 0 Å². The molecule has 0 aliphatic heterocycles. The third kappa shape index (κ3) is 4.96. The van der Waals surface area contributed by atoms with Crippen LogP contribution in [0.2, 0.25) is 5.02 Å². The molecule has 1 aromatic rings. The van der Waals surface area contributed by atoms with Crippen LogP contribution in [0.3, 0.4) is 0 Å². The van der Waals surface area contributed by atoms with Gasteiger partial charge in [0.15, 0.2) is 0 Å². The lowest BCUT2D eigenvalue weighted by Crippen LogP contribution is -2.37. The van der Waals surface area contributed by atoms with Gasteiger partial charge >= 0.3 is 5.97 Å². The fourth-order valence-corrected chi connectivity index (χ4v) is 2.38. The van der Waals surface area contributed by atoms with Crippen LogP contribution in [-0.2, 0) is 11.3 Å². The normalized spacial score (nSPS) is 12.7. The maximum absolute atomic E-state index is 11.1. The van der Waals surface area contributed by atoms with Crippen LogP contribution in [0.4, 0.5) is 0 Å². The van der Waals surface area contributed by atoms with Crippen molar-refractivity contribution in [2.45, 2.75) is 32.9 Å². The van der Waals surface area contributed by atoms with Crippen LogP contribution in [0.15, 0.2) is 22.7 Å². The van der Waals surface area contributed by atoms with Crippen LogP contribution in [0, 0.1) is 5.92 Å². The number of carboxylic acids is 1. The molecule has 0 heterocycles. The highest BCUT2D eigenvalue weighted by atomic mass is 79.9. The van der Waals surface area contributed by atoms with Crippen LogP contribution in [0.25, 0.3) is 0 Å². The molecule has 0 aliphatic carbocycles. The zero-order valence-electron chi connectivity index (χ0n) is 10.4. The third-order valence-corrected chi connectivity index (χ3v) is 3.40. The molecule has 3 nitrogen and oxygen atoms in total. The molecule has 0 fully saturated rings. The molecule has 1 rings (SSSR count). The van der Waals surface area contributed by atoms with E-state index in [0.29, 0.717) is 23.9 Å². The van der Waals surface area contributed by atoms with Gasteiger partial charge in [0, 0.05) is 16.0 Å². The first-order valence-electron chi connectivity index (χ1n) is 5.80. The van der Waals surface area contributed by atoms with Gasteiger partial charge in [0.1, 0.15) is 6.04 Å². The summed E-state index contributed by atoms with van der Waals surface area (Å²) in [7, 11) is 0. The van der Waals surface area contributed by atoms with Crippen molar-refractivity contribution in [1.82, 2.24) is 5.32 Å². The summed E-state index contributed by atoms with van der Waals surface area (Å²) in [6, 6.07) is 5.04. The van der Waals surface area contributed by atoms with E-state index in [1.807, 2.05) is 26.0 Å². The Morgan fingerprint density at radius 2 is 2.17 bits per heavy atom. The van der Waals surface area contributed by atoms with Gasteiger partial charge in [0.05, 0.1) is 0 Å². The first-order valence-corrected chi connectivity index (χ1v) is 6.97. The standard InChI is InChI=1S/C13H17BrClNO2/c1-8(2)5-12(13(17)18)16-7-9-3-4-10(14)6-11(9)15/h3-4,6,8,12,16H,5,7H2,1-2H3,(H,17,18)/t12-/m1/s1. The Morgan fingerprint density at radius 1 is 1.50 bits per heavy atom. The molecule has 100 valence electrons. The molecular formula is C13H17BrClNO2. The number of hydrogen-bond donors (Lipinski definition) is 2. The van der Waals surface area contributed by atoms with E-state index in [1.54, 1.807) is 6.07 Å². The van der Waals surface area contributed by atoms with Gasteiger partial charge in [-0.05, 0) is 30.0 Å². The van der Waals surface area contributed by atoms with E-state index in [9.17, 15) is 4.79 Å². The van der Waals surface area contributed by atoms with Crippen molar-refractivity contribution in [1.29, 1.82) is 0 Å². The van der Waals surface area contributed by atoms with Crippen LogP contribution in [0.5, 0.6) is 0 Å². The molecule has 1 atom stereocenters. The lowest BCUT2D eigenvalue weighted by molar-refractivity contribution is -0.140. The van der Waals surface area contributed by atoms with E-state index >= 15 is 0 Å². The Bertz CT molecular complexity index is 423. The van der Waals surface area contributed by atoms with E-state index < -0.39 is 12.0 Å². The molecule has 5 heteroatoms. The molecule has 2 N–H and O–H groups in total. The van der Waals surface area contributed by atoms with Crippen LogP contribution in [-0.4, -0.2) is 17.1 Å². The summed E-state index contributed by atoms with van der Waals surface area (Å²) in [5.41, 5.74) is 0.898. The van der Waals surface area contributed by atoms with Gasteiger partial charge in [0.2, 0.25) is 0 Å². The number of aliphatic carboxylic acids is 1. The maximum Gasteiger partial charge on any atom is 0.320 e. The lowest BCUT2D eigenvalue weighted by Gasteiger charge is -2.17. The third-order valence-electron chi connectivity index (χ3n) is 2.56. The van der Waals surface area contributed by atoms with Gasteiger partial charge in [0.25, 0.3) is 0 Å². The summed E-state index contributed by atoms with van der Waals surface area (Å²) in [5.74, 6) is -0.490. The first-order chi connectivity index (χ1) is 8.40. The summed E-state index contributed by atoms with van der Waals surface area (Å²) in [5, 5.41) is 12.8. The Balaban J connectivity index is 2.64. The number of carboxylic acid groups (broad SMARTS) is 1. The Kier molecular flexibility index (Phi) is 6.12. The number of benzene rings is 1. The topological polar surface area (TPSA) is 49.3 Å². The average Bonchev–Trinajstić information content (AvgIpc) is 2.25. The average molecular weight is 335 g/mol. The zero-order valence-corrected chi connectivity index (χ0v) is 12.8. The molecular weight excluding hydrogens is 318 g/mol. The molecule has 0 aromatic heterocycles. The number of carbonyl (C=O) groups is 1. The van der Waals surface area contributed by atoms with Crippen molar-refractivity contribution < 1.29 is 9.90 Å². The van der Waals surface area contributed by atoms with Crippen LogP contribution < -0.4 is 5.32 Å². The van der Waals surface area contributed by atoms with Crippen molar-refractivity contribution in [3.63, 3.8) is 0 Å². The fourth-order valence-electron chi connectivity index (χ4n) is 1.64. The van der Waals surface area contributed by atoms with Gasteiger partial charge in [-0.3, -0.25) is 4.79 Å². The van der Waals surface area contributed by atoms with Crippen LogP contribution in [0.1, 0.15) is 25.8 Å². The highest BCUT2D eigenvalue weighted by molar-refractivity contribution is 9.10. The zero-order chi connectivity index (χ0) is 13.7. The highest BCUT2D eigenvalue weighted by Gasteiger charge is 2.18. The van der Waals surface area contributed by atoms with Crippen molar-refractivity contribution in [2.75, 3.05) is 0 Å². The minimum Gasteiger partial charge on any atom is -0.480 e. The number of rotatable bonds is 6. The minimum atomic E-state index is -0.822. The Labute approximate surface area is 121 Å². The molecule has 0 bridgehead atoms. The van der Waals surface area contributed by atoms with Gasteiger partial charge in [-0.1, -0.05) is 47.4 Å². The summed E-state index contributed by atoms with van der Waals surface area (Å²) in [6.45, 7) is 4.46. The maximum atomic E-state index is 11.1. The predicted octanol–water partition coefficient (Wildman–Crippen LogP) is 3.69. The Hall–Kier alpha value is -0.580. The number of halogens is 2. The molecule has 0 saturated heterocycles. The Morgan fingerprint density at radius 3 is 2.67 bits per heavy atom. The van der Waals surface area contributed by atoms with Crippen LogP contribution >= 0.6 is 27.5 Å². The SMILES string of the molecule is CC(C)C[C@@H](NCc1ccc(Br)cc1Cl)C(=O)O. The molecule has 0 amide bonds. The molecule has 0 unspecified atom stereocenters. The summed E-state index contributed by atoms with van der Waals surface area (Å²) in [4.78, 5) is 11.1.